The number of fused-ring (bicyclic) bond motifs is 4. The second kappa shape index (κ2) is 7.07. The van der Waals surface area contributed by atoms with Crippen LogP contribution < -0.4 is 16.2 Å². The number of carbonyl (C=O) groups is 1. The summed E-state index contributed by atoms with van der Waals surface area (Å²) in [5.74, 6) is -0.478. The average molecular weight is 397 g/mol. The number of rotatable bonds is 5. The molecule has 2 aromatic rings. The number of aromatic nitrogens is 1. The molecule has 2 fully saturated rings. The van der Waals surface area contributed by atoms with E-state index in [4.69, 9.17) is 0 Å². The molecule has 2 aliphatic heterocycles. The third-order valence-corrected chi connectivity index (χ3v) is 6.57. The summed E-state index contributed by atoms with van der Waals surface area (Å²) in [6, 6.07) is 9.04. The van der Waals surface area contributed by atoms with Crippen LogP contribution in [0.15, 0.2) is 41.2 Å². The largest absolute Gasteiger partial charge is 0.396 e. The van der Waals surface area contributed by atoms with E-state index in [0.29, 0.717) is 30.1 Å². The number of aliphatic hydroxyl groups is 1. The molecule has 1 saturated heterocycles. The Balaban J connectivity index is 1.50. The summed E-state index contributed by atoms with van der Waals surface area (Å²) in [4.78, 5) is 26.1. The van der Waals surface area contributed by atoms with Gasteiger partial charge in [0.25, 0.3) is 5.56 Å². The van der Waals surface area contributed by atoms with Gasteiger partial charge in [-0.15, -0.1) is 0 Å². The molecular weight excluding hydrogens is 373 g/mol. The number of carbonyl (C=O) groups excluding carboxylic acids is 1. The van der Waals surface area contributed by atoms with Crippen molar-refractivity contribution >= 4 is 5.91 Å². The lowest BCUT2D eigenvalue weighted by Crippen LogP contribution is -2.43. The van der Waals surface area contributed by atoms with E-state index < -0.39 is 5.92 Å². The van der Waals surface area contributed by atoms with E-state index in [1.54, 1.807) is 22.8 Å². The number of nitrogens with zero attached hydrogens (tertiary/aromatic N) is 1. The van der Waals surface area contributed by atoms with E-state index in [1.807, 2.05) is 6.07 Å². The van der Waals surface area contributed by atoms with Gasteiger partial charge in [-0.1, -0.05) is 12.1 Å². The van der Waals surface area contributed by atoms with Gasteiger partial charge in [0, 0.05) is 42.9 Å². The molecule has 3 N–H and O–H groups in total. The number of amides is 1. The molecule has 1 amide bonds. The minimum Gasteiger partial charge on any atom is -0.396 e. The van der Waals surface area contributed by atoms with Crippen molar-refractivity contribution in [2.75, 3.05) is 13.2 Å². The zero-order valence-electron chi connectivity index (χ0n) is 16.0. The molecule has 4 atom stereocenters. The molecule has 1 saturated carbocycles. The molecule has 0 spiro atoms. The lowest BCUT2D eigenvalue weighted by molar-refractivity contribution is -0.127. The maximum atomic E-state index is 13.3. The van der Waals surface area contributed by atoms with Gasteiger partial charge in [-0.3, -0.25) is 9.59 Å². The molecule has 1 aromatic heterocycles. The van der Waals surface area contributed by atoms with Gasteiger partial charge in [0.2, 0.25) is 5.91 Å². The summed E-state index contributed by atoms with van der Waals surface area (Å²) in [7, 11) is 0. The van der Waals surface area contributed by atoms with Gasteiger partial charge in [-0.2, -0.15) is 0 Å². The van der Waals surface area contributed by atoms with Crippen molar-refractivity contribution in [1.82, 2.24) is 15.2 Å². The van der Waals surface area contributed by atoms with E-state index in [1.165, 1.54) is 12.1 Å². The lowest BCUT2D eigenvalue weighted by atomic mass is 9.86. The van der Waals surface area contributed by atoms with Crippen LogP contribution in [0.5, 0.6) is 0 Å². The Morgan fingerprint density at radius 2 is 1.97 bits per heavy atom. The minimum atomic E-state index is -0.409. The third kappa shape index (κ3) is 3.18. The summed E-state index contributed by atoms with van der Waals surface area (Å²) in [5.41, 5.74) is 1.78. The van der Waals surface area contributed by atoms with E-state index in [-0.39, 0.29) is 41.9 Å². The Hall–Kier alpha value is -2.51. The number of halogens is 1. The van der Waals surface area contributed by atoms with Gasteiger partial charge in [-0.25, -0.2) is 4.39 Å². The van der Waals surface area contributed by atoms with Gasteiger partial charge < -0.3 is 20.3 Å². The van der Waals surface area contributed by atoms with Crippen molar-refractivity contribution in [2.24, 2.45) is 17.8 Å². The Morgan fingerprint density at radius 1 is 1.21 bits per heavy atom. The van der Waals surface area contributed by atoms with Crippen molar-refractivity contribution in [3.8, 4) is 11.1 Å². The molecule has 1 aliphatic carbocycles. The first kappa shape index (κ1) is 18.5. The molecule has 3 heterocycles. The van der Waals surface area contributed by atoms with E-state index in [0.717, 1.165) is 18.5 Å². The standard InChI is InChI=1S/C22H24FN3O3/c23-14-5-3-13(4-6-14)15-7-8-18-20-19(21(28)24-9-12-1-2-12)16(11-27)17(25-20)10-26(18)22(15)29/h3-8,12,16-17,19-20,25,27H,1-2,9-11H2,(H,24,28)/t16-,17-,19+,20+/m0/s1. The number of nitrogens with one attached hydrogen (secondary N) is 2. The summed E-state index contributed by atoms with van der Waals surface area (Å²) >= 11 is 0. The minimum absolute atomic E-state index is 0.0561. The SMILES string of the molecule is O=C(NCC1CC1)[C@@H]1[C@@H](CO)[C@@H]2Cn3c(ccc(-c4ccc(F)cc4)c3=O)[C@H]1N2. The maximum Gasteiger partial charge on any atom is 0.258 e. The molecule has 1 aromatic carbocycles. The molecule has 7 heteroatoms. The Kier molecular flexibility index (Phi) is 4.52. The van der Waals surface area contributed by atoms with Crippen LogP contribution in [0.4, 0.5) is 4.39 Å². The summed E-state index contributed by atoms with van der Waals surface area (Å²) in [6.45, 7) is 0.974. The molecule has 6 nitrogen and oxygen atoms in total. The topological polar surface area (TPSA) is 83.4 Å². The highest BCUT2D eigenvalue weighted by molar-refractivity contribution is 5.80. The average Bonchev–Trinajstić information content (AvgIpc) is 3.51. The predicted molar refractivity (Wildman–Crippen MR) is 106 cm³/mol. The lowest BCUT2D eigenvalue weighted by Gasteiger charge is -2.28. The van der Waals surface area contributed by atoms with Gasteiger partial charge in [0.1, 0.15) is 5.82 Å². The molecule has 5 rings (SSSR count). The molecule has 0 radical (unpaired) electrons. The van der Waals surface area contributed by atoms with E-state index in [2.05, 4.69) is 10.6 Å². The first-order valence-corrected chi connectivity index (χ1v) is 10.2. The van der Waals surface area contributed by atoms with Gasteiger partial charge >= 0.3 is 0 Å². The summed E-state index contributed by atoms with van der Waals surface area (Å²) in [5, 5.41) is 16.5. The summed E-state index contributed by atoms with van der Waals surface area (Å²) in [6.07, 6.45) is 2.31. The molecule has 29 heavy (non-hydrogen) atoms. The fraction of sp³-hybridized carbons (Fsp3) is 0.455. The number of hydrogen-bond acceptors (Lipinski definition) is 4. The van der Waals surface area contributed by atoms with Crippen LogP contribution in [-0.4, -0.2) is 34.8 Å². The van der Waals surface area contributed by atoms with Crippen molar-refractivity contribution < 1.29 is 14.3 Å². The highest BCUT2D eigenvalue weighted by Gasteiger charge is 2.50. The van der Waals surface area contributed by atoms with Crippen LogP contribution in [0.3, 0.4) is 0 Å². The fourth-order valence-electron chi connectivity index (χ4n) is 4.78. The second-order valence-corrected chi connectivity index (χ2v) is 8.41. The monoisotopic (exact) mass is 397 g/mol. The maximum absolute atomic E-state index is 13.3. The number of pyridine rings is 1. The van der Waals surface area contributed by atoms with Crippen LogP contribution in [0.1, 0.15) is 24.6 Å². The molecule has 3 aliphatic rings. The number of hydrogen-bond donors (Lipinski definition) is 3. The van der Waals surface area contributed by atoms with Crippen molar-refractivity contribution in [1.29, 1.82) is 0 Å². The molecule has 2 bridgehead atoms. The zero-order valence-corrected chi connectivity index (χ0v) is 16.0. The highest BCUT2D eigenvalue weighted by Crippen LogP contribution is 2.41. The van der Waals surface area contributed by atoms with Gasteiger partial charge in [0.15, 0.2) is 0 Å². The second-order valence-electron chi connectivity index (χ2n) is 8.41. The van der Waals surface area contributed by atoms with Gasteiger partial charge in [0.05, 0.1) is 12.0 Å². The Labute approximate surface area is 167 Å². The van der Waals surface area contributed by atoms with Crippen molar-refractivity contribution in [2.45, 2.75) is 31.5 Å². The zero-order chi connectivity index (χ0) is 20.1. The Bertz CT molecular complexity index is 999. The number of aliphatic hydroxyl groups excluding tert-OH is 1. The predicted octanol–water partition coefficient (Wildman–Crippen LogP) is 1.43. The van der Waals surface area contributed by atoms with Crippen LogP contribution in [0.25, 0.3) is 11.1 Å². The summed E-state index contributed by atoms with van der Waals surface area (Å²) < 4.78 is 15.0. The fourth-order valence-corrected chi connectivity index (χ4v) is 4.78. The molecule has 152 valence electrons. The van der Waals surface area contributed by atoms with Crippen LogP contribution in [0.2, 0.25) is 0 Å². The van der Waals surface area contributed by atoms with Crippen molar-refractivity contribution in [3.63, 3.8) is 0 Å². The van der Waals surface area contributed by atoms with Crippen molar-refractivity contribution in [3.05, 3.63) is 58.3 Å². The van der Waals surface area contributed by atoms with E-state index in [9.17, 15) is 19.1 Å². The first-order valence-electron chi connectivity index (χ1n) is 10.2. The third-order valence-electron chi connectivity index (χ3n) is 6.57. The Morgan fingerprint density at radius 3 is 2.66 bits per heavy atom. The smallest absolute Gasteiger partial charge is 0.258 e. The first-order chi connectivity index (χ1) is 14.1. The van der Waals surface area contributed by atoms with Gasteiger partial charge in [-0.05, 0) is 48.6 Å². The molecular formula is C22H24FN3O3. The number of benzene rings is 1. The highest BCUT2D eigenvalue weighted by atomic mass is 19.1. The van der Waals surface area contributed by atoms with Crippen LogP contribution >= 0.6 is 0 Å². The molecule has 0 unspecified atom stereocenters. The quantitative estimate of drug-likeness (QED) is 0.713. The van der Waals surface area contributed by atoms with Crippen LogP contribution in [0, 0.1) is 23.6 Å². The van der Waals surface area contributed by atoms with E-state index >= 15 is 0 Å². The normalized spacial score (nSPS) is 27.5. The van der Waals surface area contributed by atoms with Crippen LogP contribution in [-0.2, 0) is 11.3 Å².